The average Bonchev–Trinajstić information content (AvgIpc) is 2.06. The van der Waals surface area contributed by atoms with Gasteiger partial charge in [0.25, 0.3) is 5.56 Å². The van der Waals surface area contributed by atoms with Crippen LogP contribution in [0.5, 0.6) is 0 Å². The van der Waals surface area contributed by atoms with Gasteiger partial charge in [-0.1, -0.05) is 0 Å². The number of aryl methyl sites for hydroxylation is 2. The third-order valence-electron chi connectivity index (χ3n) is 2.23. The highest BCUT2D eigenvalue weighted by atomic mass is 32.2. The molecule has 0 aromatic carbocycles. The van der Waals surface area contributed by atoms with Crippen LogP contribution in [0.3, 0.4) is 0 Å². The molecular weight excluding hydrogens is 204 g/mol. The molecule has 0 atom stereocenters. The molecule has 0 saturated carbocycles. The van der Waals surface area contributed by atoms with Crippen LogP contribution in [0.25, 0.3) is 0 Å². The molecule has 0 saturated heterocycles. The van der Waals surface area contributed by atoms with Crippen molar-refractivity contribution in [1.82, 2.24) is 9.97 Å². The maximum absolute atomic E-state index is 11.4. The maximum atomic E-state index is 11.4. The molecule has 0 spiro atoms. The SMILES string of the molecule is Cc1nc2c(c(=O)[nH]1)CS(=O)(=O)CC2. The van der Waals surface area contributed by atoms with Gasteiger partial charge in [0.15, 0.2) is 9.84 Å². The van der Waals surface area contributed by atoms with Gasteiger partial charge in [0.1, 0.15) is 5.82 Å². The molecule has 6 heteroatoms. The number of rotatable bonds is 0. The monoisotopic (exact) mass is 214 g/mol. The molecule has 0 amide bonds. The summed E-state index contributed by atoms with van der Waals surface area (Å²) in [5, 5.41) is 0. The van der Waals surface area contributed by atoms with Crippen molar-refractivity contribution in [3.05, 3.63) is 27.4 Å². The van der Waals surface area contributed by atoms with Crippen LogP contribution in [-0.4, -0.2) is 24.1 Å². The van der Waals surface area contributed by atoms with Crippen LogP contribution < -0.4 is 5.56 Å². The predicted octanol–water partition coefficient (Wildman–Crippen LogP) is -0.451. The first-order chi connectivity index (χ1) is 6.48. The first kappa shape index (κ1) is 9.39. The van der Waals surface area contributed by atoms with Gasteiger partial charge in [-0.3, -0.25) is 4.79 Å². The molecule has 0 unspecified atom stereocenters. The van der Waals surface area contributed by atoms with E-state index in [9.17, 15) is 13.2 Å². The van der Waals surface area contributed by atoms with Gasteiger partial charge in [-0.15, -0.1) is 0 Å². The molecule has 76 valence electrons. The highest BCUT2D eigenvalue weighted by Crippen LogP contribution is 2.14. The molecule has 2 rings (SSSR count). The van der Waals surface area contributed by atoms with Crippen molar-refractivity contribution in [2.45, 2.75) is 19.1 Å². The average molecular weight is 214 g/mol. The van der Waals surface area contributed by atoms with E-state index in [0.29, 0.717) is 23.5 Å². The Kier molecular flexibility index (Phi) is 1.95. The van der Waals surface area contributed by atoms with Gasteiger partial charge in [-0.2, -0.15) is 0 Å². The summed E-state index contributed by atoms with van der Waals surface area (Å²) in [7, 11) is -3.09. The minimum absolute atomic E-state index is 0.0931. The largest absolute Gasteiger partial charge is 0.311 e. The quantitative estimate of drug-likeness (QED) is 0.634. The summed E-state index contributed by atoms with van der Waals surface area (Å²) in [4.78, 5) is 18.0. The fourth-order valence-corrected chi connectivity index (χ4v) is 2.95. The number of nitrogens with zero attached hydrogens (tertiary/aromatic N) is 1. The zero-order valence-electron chi connectivity index (χ0n) is 7.70. The van der Waals surface area contributed by atoms with Gasteiger partial charge in [0.2, 0.25) is 0 Å². The lowest BCUT2D eigenvalue weighted by Crippen LogP contribution is -2.28. The maximum Gasteiger partial charge on any atom is 0.255 e. The van der Waals surface area contributed by atoms with Gasteiger partial charge in [-0.05, 0) is 6.92 Å². The smallest absolute Gasteiger partial charge is 0.255 e. The molecule has 0 fully saturated rings. The van der Waals surface area contributed by atoms with Crippen LogP contribution in [0, 0.1) is 6.92 Å². The van der Waals surface area contributed by atoms with E-state index >= 15 is 0 Å². The lowest BCUT2D eigenvalue weighted by atomic mass is 10.2. The highest BCUT2D eigenvalue weighted by molar-refractivity contribution is 7.90. The van der Waals surface area contributed by atoms with Crippen LogP contribution in [0.4, 0.5) is 0 Å². The Morgan fingerprint density at radius 2 is 2.14 bits per heavy atom. The molecule has 2 heterocycles. The summed E-state index contributed by atoms with van der Waals surface area (Å²) in [5.74, 6) is 0.453. The number of H-pyrrole nitrogens is 1. The second-order valence-electron chi connectivity index (χ2n) is 3.42. The minimum atomic E-state index is -3.09. The number of aromatic amines is 1. The predicted molar refractivity (Wildman–Crippen MR) is 50.8 cm³/mol. The van der Waals surface area contributed by atoms with Crippen molar-refractivity contribution >= 4 is 9.84 Å². The molecule has 5 nitrogen and oxygen atoms in total. The van der Waals surface area contributed by atoms with Gasteiger partial charge < -0.3 is 4.98 Å². The molecule has 1 aromatic heterocycles. The van der Waals surface area contributed by atoms with Gasteiger partial charge in [-0.25, -0.2) is 13.4 Å². The fraction of sp³-hybridized carbons (Fsp3) is 0.500. The summed E-state index contributed by atoms with van der Waals surface area (Å²) in [6.45, 7) is 1.69. The standard InChI is InChI=1S/C8H10N2O3S/c1-5-9-7-2-3-14(12,13)4-6(7)8(11)10-5/h2-4H2,1H3,(H,9,10,11). The zero-order chi connectivity index (χ0) is 10.3. The van der Waals surface area contributed by atoms with E-state index in [-0.39, 0.29) is 17.1 Å². The second kappa shape index (κ2) is 2.91. The summed E-state index contributed by atoms with van der Waals surface area (Å²) in [6, 6.07) is 0. The summed E-state index contributed by atoms with van der Waals surface area (Å²) in [6.07, 6.45) is 0.350. The van der Waals surface area contributed by atoms with Crippen LogP contribution in [-0.2, 0) is 22.0 Å². The molecule has 1 aliphatic heterocycles. The van der Waals surface area contributed by atoms with E-state index < -0.39 is 9.84 Å². The van der Waals surface area contributed by atoms with Crippen molar-refractivity contribution in [2.24, 2.45) is 0 Å². The van der Waals surface area contributed by atoms with Gasteiger partial charge in [0, 0.05) is 6.42 Å². The van der Waals surface area contributed by atoms with Crippen LogP contribution in [0.1, 0.15) is 17.1 Å². The van der Waals surface area contributed by atoms with Crippen LogP contribution in [0.15, 0.2) is 4.79 Å². The van der Waals surface area contributed by atoms with Crippen molar-refractivity contribution in [3.8, 4) is 0 Å². The molecule has 1 aromatic rings. The summed E-state index contributed by atoms with van der Waals surface area (Å²) in [5.41, 5.74) is 0.610. The van der Waals surface area contributed by atoms with Gasteiger partial charge in [0.05, 0.1) is 22.8 Å². The van der Waals surface area contributed by atoms with Gasteiger partial charge >= 0.3 is 0 Å². The number of hydrogen-bond donors (Lipinski definition) is 1. The number of aromatic nitrogens is 2. The molecule has 0 bridgehead atoms. The lowest BCUT2D eigenvalue weighted by molar-refractivity contribution is 0.589. The normalized spacial score (nSPS) is 18.9. The molecule has 14 heavy (non-hydrogen) atoms. The van der Waals surface area contributed by atoms with E-state index in [4.69, 9.17) is 0 Å². The Labute approximate surface area is 81.1 Å². The number of fused-ring (bicyclic) bond motifs is 1. The number of sulfone groups is 1. The fourth-order valence-electron chi connectivity index (χ4n) is 1.57. The Morgan fingerprint density at radius 1 is 1.43 bits per heavy atom. The van der Waals surface area contributed by atoms with E-state index in [2.05, 4.69) is 9.97 Å². The van der Waals surface area contributed by atoms with E-state index in [0.717, 1.165) is 0 Å². The van der Waals surface area contributed by atoms with E-state index in [1.807, 2.05) is 0 Å². The molecule has 0 radical (unpaired) electrons. The third-order valence-corrected chi connectivity index (χ3v) is 3.79. The Hall–Kier alpha value is -1.17. The lowest BCUT2D eigenvalue weighted by Gasteiger charge is -2.14. The summed E-state index contributed by atoms with van der Waals surface area (Å²) >= 11 is 0. The first-order valence-corrected chi connectivity index (χ1v) is 6.09. The van der Waals surface area contributed by atoms with E-state index in [1.165, 1.54) is 0 Å². The Balaban J connectivity index is 2.64. The van der Waals surface area contributed by atoms with Crippen molar-refractivity contribution in [2.75, 3.05) is 5.75 Å². The molecule has 0 aliphatic carbocycles. The van der Waals surface area contributed by atoms with Crippen molar-refractivity contribution < 1.29 is 8.42 Å². The first-order valence-electron chi connectivity index (χ1n) is 4.27. The Bertz CT molecular complexity index is 530. The minimum Gasteiger partial charge on any atom is -0.311 e. The topological polar surface area (TPSA) is 79.9 Å². The summed E-state index contributed by atoms with van der Waals surface area (Å²) < 4.78 is 22.5. The van der Waals surface area contributed by atoms with E-state index in [1.54, 1.807) is 6.92 Å². The molecule has 1 N–H and O–H groups in total. The molecular formula is C8H10N2O3S. The number of nitrogens with one attached hydrogen (secondary N) is 1. The number of hydrogen-bond acceptors (Lipinski definition) is 4. The van der Waals surface area contributed by atoms with Crippen molar-refractivity contribution in [1.29, 1.82) is 0 Å². The zero-order valence-corrected chi connectivity index (χ0v) is 8.52. The molecule has 1 aliphatic rings. The Morgan fingerprint density at radius 3 is 2.86 bits per heavy atom. The van der Waals surface area contributed by atoms with Crippen molar-refractivity contribution in [3.63, 3.8) is 0 Å². The van der Waals surface area contributed by atoms with Crippen LogP contribution in [0.2, 0.25) is 0 Å². The highest BCUT2D eigenvalue weighted by Gasteiger charge is 2.24. The second-order valence-corrected chi connectivity index (χ2v) is 5.60. The third kappa shape index (κ3) is 1.57. The van der Waals surface area contributed by atoms with Crippen LogP contribution >= 0.6 is 0 Å².